The maximum atomic E-state index is 13.0. The lowest BCUT2D eigenvalue weighted by molar-refractivity contribution is 0.0963. The number of pyridine rings is 1. The van der Waals surface area contributed by atoms with Crippen molar-refractivity contribution in [2.45, 2.75) is 18.2 Å². The minimum atomic E-state index is -3.59. The summed E-state index contributed by atoms with van der Waals surface area (Å²) < 4.78 is 27.5. The molecule has 7 nitrogen and oxygen atoms in total. The Morgan fingerprint density at radius 3 is 2.48 bits per heavy atom. The van der Waals surface area contributed by atoms with Crippen LogP contribution in [0.1, 0.15) is 22.3 Å². The SMILES string of the molecule is CNC(=O)c1ccc(S(=O)(=O)N2CCCN(c3ccncc3C)CC2)cc1. The fourth-order valence-electron chi connectivity index (χ4n) is 3.27. The predicted octanol–water partition coefficient (Wildman–Crippen LogP) is 1.65. The molecule has 0 spiro atoms. The van der Waals surface area contributed by atoms with Gasteiger partial charge in [-0.25, -0.2) is 8.42 Å². The summed E-state index contributed by atoms with van der Waals surface area (Å²) in [6.45, 7) is 4.32. The van der Waals surface area contributed by atoms with Gasteiger partial charge < -0.3 is 10.2 Å². The van der Waals surface area contributed by atoms with Crippen molar-refractivity contribution in [3.63, 3.8) is 0 Å². The molecule has 0 saturated carbocycles. The summed E-state index contributed by atoms with van der Waals surface area (Å²) in [4.78, 5) is 18.2. The fourth-order valence-corrected chi connectivity index (χ4v) is 4.74. The van der Waals surface area contributed by atoms with Gasteiger partial charge in [0.2, 0.25) is 10.0 Å². The number of aromatic nitrogens is 1. The molecule has 0 radical (unpaired) electrons. The van der Waals surface area contributed by atoms with E-state index in [1.807, 2.05) is 19.2 Å². The first-order valence-electron chi connectivity index (χ1n) is 8.91. The first kappa shape index (κ1) is 19.3. The number of hydrogen-bond donors (Lipinski definition) is 1. The van der Waals surface area contributed by atoms with Crippen molar-refractivity contribution in [3.8, 4) is 0 Å². The smallest absolute Gasteiger partial charge is 0.251 e. The summed E-state index contributed by atoms with van der Waals surface area (Å²) in [5.74, 6) is -0.239. The Balaban J connectivity index is 1.76. The first-order valence-corrected chi connectivity index (χ1v) is 10.4. The van der Waals surface area contributed by atoms with Crippen LogP contribution in [0.2, 0.25) is 0 Å². The molecule has 144 valence electrons. The maximum Gasteiger partial charge on any atom is 0.251 e. The zero-order valence-electron chi connectivity index (χ0n) is 15.6. The third kappa shape index (κ3) is 4.12. The third-order valence-corrected chi connectivity index (χ3v) is 6.68. The number of nitrogens with zero attached hydrogens (tertiary/aromatic N) is 3. The van der Waals surface area contributed by atoms with E-state index in [0.29, 0.717) is 25.2 Å². The van der Waals surface area contributed by atoms with Gasteiger partial charge in [0, 0.05) is 56.9 Å². The lowest BCUT2D eigenvalue weighted by Crippen LogP contribution is -2.35. The molecule has 3 rings (SSSR count). The minimum absolute atomic E-state index is 0.212. The van der Waals surface area contributed by atoms with Crippen molar-refractivity contribution >= 4 is 21.6 Å². The summed E-state index contributed by atoms with van der Waals surface area (Å²) in [6, 6.07) is 8.04. The molecule has 2 heterocycles. The zero-order valence-corrected chi connectivity index (χ0v) is 16.4. The number of sulfonamides is 1. The molecule has 1 aliphatic rings. The van der Waals surface area contributed by atoms with Crippen LogP contribution in [-0.2, 0) is 10.0 Å². The van der Waals surface area contributed by atoms with Crippen LogP contribution < -0.4 is 10.2 Å². The normalized spacial score (nSPS) is 16.0. The molecule has 1 aromatic heterocycles. The van der Waals surface area contributed by atoms with Crippen molar-refractivity contribution in [2.24, 2.45) is 0 Å². The number of carbonyl (C=O) groups is 1. The Kier molecular flexibility index (Phi) is 5.76. The largest absolute Gasteiger partial charge is 0.370 e. The molecular formula is C19H24N4O3S. The number of benzene rings is 1. The fraction of sp³-hybridized carbons (Fsp3) is 0.368. The predicted molar refractivity (Wildman–Crippen MR) is 104 cm³/mol. The minimum Gasteiger partial charge on any atom is -0.370 e. The van der Waals surface area contributed by atoms with Crippen LogP contribution in [0.25, 0.3) is 0 Å². The van der Waals surface area contributed by atoms with Gasteiger partial charge in [0.05, 0.1) is 4.90 Å². The lowest BCUT2D eigenvalue weighted by Gasteiger charge is -2.24. The number of aryl methyl sites for hydroxylation is 1. The van der Waals surface area contributed by atoms with Crippen LogP contribution in [0.3, 0.4) is 0 Å². The van der Waals surface area contributed by atoms with E-state index >= 15 is 0 Å². The average molecular weight is 388 g/mol. The monoisotopic (exact) mass is 388 g/mol. The van der Waals surface area contributed by atoms with Gasteiger partial charge in [-0.2, -0.15) is 4.31 Å². The number of rotatable bonds is 4. The van der Waals surface area contributed by atoms with E-state index in [1.54, 1.807) is 13.2 Å². The Labute approximate surface area is 160 Å². The zero-order chi connectivity index (χ0) is 19.4. The van der Waals surface area contributed by atoms with E-state index in [0.717, 1.165) is 24.2 Å². The van der Waals surface area contributed by atoms with Crippen molar-refractivity contribution in [1.29, 1.82) is 0 Å². The molecule has 0 aliphatic carbocycles. The summed E-state index contributed by atoms with van der Waals surface area (Å²) in [7, 11) is -2.05. The van der Waals surface area contributed by atoms with Gasteiger partial charge >= 0.3 is 0 Å². The second-order valence-electron chi connectivity index (χ2n) is 6.51. The van der Waals surface area contributed by atoms with Gasteiger partial charge in [0.15, 0.2) is 0 Å². The van der Waals surface area contributed by atoms with Gasteiger partial charge in [-0.3, -0.25) is 9.78 Å². The summed E-state index contributed by atoms with van der Waals surface area (Å²) in [5, 5.41) is 2.53. The molecule has 0 unspecified atom stereocenters. The van der Waals surface area contributed by atoms with E-state index in [4.69, 9.17) is 0 Å². The summed E-state index contributed by atoms with van der Waals surface area (Å²) >= 11 is 0. The molecule has 27 heavy (non-hydrogen) atoms. The van der Waals surface area contributed by atoms with E-state index < -0.39 is 10.0 Å². The molecule has 1 aromatic carbocycles. The molecule has 1 fully saturated rings. The standard InChI is InChI=1S/C19H24N4O3S/c1-15-14-21-9-8-18(15)22-10-3-11-23(13-12-22)27(25,26)17-6-4-16(5-7-17)19(24)20-2/h4-9,14H,3,10-13H2,1-2H3,(H,20,24). The Morgan fingerprint density at radius 1 is 1.07 bits per heavy atom. The molecule has 1 aliphatic heterocycles. The van der Waals surface area contributed by atoms with E-state index in [2.05, 4.69) is 15.2 Å². The van der Waals surface area contributed by atoms with Crippen LogP contribution in [-0.4, -0.2) is 56.8 Å². The second kappa shape index (κ2) is 8.06. The average Bonchev–Trinajstić information content (AvgIpc) is 2.94. The first-order chi connectivity index (χ1) is 12.9. The number of carbonyl (C=O) groups excluding carboxylic acids is 1. The number of nitrogens with one attached hydrogen (secondary N) is 1. The molecule has 1 N–H and O–H groups in total. The highest BCUT2D eigenvalue weighted by atomic mass is 32.2. The van der Waals surface area contributed by atoms with Crippen molar-refractivity contribution in [3.05, 3.63) is 53.9 Å². The molecular weight excluding hydrogens is 364 g/mol. The van der Waals surface area contributed by atoms with Crippen molar-refractivity contribution < 1.29 is 13.2 Å². The lowest BCUT2D eigenvalue weighted by atomic mass is 10.2. The van der Waals surface area contributed by atoms with Crippen molar-refractivity contribution in [1.82, 2.24) is 14.6 Å². The molecule has 8 heteroatoms. The molecule has 1 amide bonds. The van der Waals surface area contributed by atoms with Gasteiger partial charge in [-0.05, 0) is 49.2 Å². The van der Waals surface area contributed by atoms with E-state index in [-0.39, 0.29) is 10.8 Å². The van der Waals surface area contributed by atoms with Crippen LogP contribution in [0.5, 0.6) is 0 Å². The van der Waals surface area contributed by atoms with E-state index in [1.165, 1.54) is 28.6 Å². The molecule has 0 atom stereocenters. The number of hydrogen-bond acceptors (Lipinski definition) is 5. The summed E-state index contributed by atoms with van der Waals surface area (Å²) in [6.07, 6.45) is 4.33. The van der Waals surface area contributed by atoms with Crippen molar-refractivity contribution in [2.75, 3.05) is 38.1 Å². The highest BCUT2D eigenvalue weighted by Crippen LogP contribution is 2.23. The molecule has 1 saturated heterocycles. The van der Waals surface area contributed by atoms with Gasteiger partial charge in [0.1, 0.15) is 0 Å². The highest BCUT2D eigenvalue weighted by molar-refractivity contribution is 7.89. The van der Waals surface area contributed by atoms with Gasteiger partial charge in [-0.1, -0.05) is 0 Å². The number of anilines is 1. The molecule has 0 bridgehead atoms. The quantitative estimate of drug-likeness (QED) is 0.861. The number of amides is 1. The van der Waals surface area contributed by atoms with Gasteiger partial charge in [0.25, 0.3) is 5.91 Å². The second-order valence-corrected chi connectivity index (χ2v) is 8.45. The maximum absolute atomic E-state index is 13.0. The summed E-state index contributed by atoms with van der Waals surface area (Å²) in [5.41, 5.74) is 2.62. The van der Waals surface area contributed by atoms with Crippen LogP contribution in [0.4, 0.5) is 5.69 Å². The Bertz CT molecular complexity index is 913. The Hall–Kier alpha value is -2.45. The third-order valence-electron chi connectivity index (χ3n) is 4.77. The topological polar surface area (TPSA) is 82.6 Å². The van der Waals surface area contributed by atoms with Crippen LogP contribution in [0.15, 0.2) is 47.6 Å². The van der Waals surface area contributed by atoms with Crippen LogP contribution in [0, 0.1) is 6.92 Å². The van der Waals surface area contributed by atoms with E-state index in [9.17, 15) is 13.2 Å². The Morgan fingerprint density at radius 2 is 1.81 bits per heavy atom. The van der Waals surface area contributed by atoms with Gasteiger partial charge in [-0.15, -0.1) is 0 Å². The molecule has 2 aromatic rings. The van der Waals surface area contributed by atoms with Crippen LogP contribution >= 0.6 is 0 Å². The highest BCUT2D eigenvalue weighted by Gasteiger charge is 2.27.